The molecule has 1 aliphatic carbocycles. The number of fused-ring (bicyclic) bond motifs is 1. The third-order valence-corrected chi connectivity index (χ3v) is 5.72. The molecule has 1 aliphatic heterocycles. The van der Waals surface area contributed by atoms with E-state index in [-0.39, 0.29) is 23.6 Å². The van der Waals surface area contributed by atoms with Crippen LogP contribution in [0.2, 0.25) is 0 Å². The molecule has 2 fully saturated rings. The Hall–Kier alpha value is -1.36. The van der Waals surface area contributed by atoms with Crippen LogP contribution in [0.1, 0.15) is 50.1 Å². The lowest BCUT2D eigenvalue weighted by Crippen LogP contribution is -2.65. The van der Waals surface area contributed by atoms with Gasteiger partial charge in [-0.2, -0.15) is 5.10 Å². The minimum atomic E-state index is -0.102. The van der Waals surface area contributed by atoms with E-state index in [1.54, 1.807) is 0 Å². The molecule has 1 saturated carbocycles. The van der Waals surface area contributed by atoms with Gasteiger partial charge in [-0.3, -0.25) is 9.48 Å². The number of esters is 1. The molecule has 3 atom stereocenters. The average molecular weight is 320 g/mol. The van der Waals surface area contributed by atoms with E-state index in [0.717, 1.165) is 36.4 Å². The third kappa shape index (κ3) is 2.80. The second kappa shape index (κ2) is 5.93. The Morgan fingerprint density at radius 2 is 2.17 bits per heavy atom. The largest absolute Gasteiger partial charge is 0.461 e. The van der Waals surface area contributed by atoms with Crippen LogP contribution in [0.15, 0.2) is 0 Å². The van der Waals surface area contributed by atoms with Gasteiger partial charge >= 0.3 is 5.97 Å². The lowest BCUT2D eigenvalue weighted by atomic mass is 9.57. The summed E-state index contributed by atoms with van der Waals surface area (Å²) in [4.78, 5) is 12.3. The molecule has 2 aliphatic rings. The monoisotopic (exact) mass is 320 g/mol. The maximum atomic E-state index is 12.3. The zero-order chi connectivity index (χ0) is 16.8. The van der Waals surface area contributed by atoms with Crippen molar-refractivity contribution >= 4 is 5.97 Å². The summed E-state index contributed by atoms with van der Waals surface area (Å²) in [5.74, 6) is 0.277. The van der Waals surface area contributed by atoms with E-state index in [1.165, 1.54) is 0 Å². The third-order valence-electron chi connectivity index (χ3n) is 5.72. The van der Waals surface area contributed by atoms with Crippen LogP contribution in [0.5, 0.6) is 0 Å². The quantitative estimate of drug-likeness (QED) is 0.801. The smallest absolute Gasteiger partial charge is 0.306 e. The Morgan fingerprint density at radius 3 is 2.83 bits per heavy atom. The molecule has 0 N–H and O–H groups in total. The Bertz CT molecular complexity index is 606. The molecule has 2 heterocycles. The number of carbonyl (C=O) groups excluding carboxylic acids is 1. The topological polar surface area (TPSA) is 53.4 Å². The van der Waals surface area contributed by atoms with Crippen molar-refractivity contribution in [2.45, 2.75) is 65.6 Å². The molecule has 5 heteroatoms. The molecule has 1 saturated heterocycles. The molecule has 1 aromatic rings. The van der Waals surface area contributed by atoms with Gasteiger partial charge in [0, 0.05) is 37.1 Å². The Kier molecular flexibility index (Phi) is 4.25. The second-order valence-electron chi connectivity index (χ2n) is 7.60. The first-order valence-electron chi connectivity index (χ1n) is 8.62. The van der Waals surface area contributed by atoms with Gasteiger partial charge < -0.3 is 9.47 Å². The molecule has 5 nitrogen and oxygen atoms in total. The lowest BCUT2D eigenvalue weighted by molar-refractivity contribution is -0.254. The van der Waals surface area contributed by atoms with Crippen molar-refractivity contribution in [3.63, 3.8) is 0 Å². The van der Waals surface area contributed by atoms with E-state index >= 15 is 0 Å². The fourth-order valence-corrected chi connectivity index (χ4v) is 4.32. The molecular weight excluding hydrogens is 292 g/mol. The molecule has 0 bridgehead atoms. The van der Waals surface area contributed by atoms with Gasteiger partial charge in [-0.1, -0.05) is 13.8 Å². The summed E-state index contributed by atoms with van der Waals surface area (Å²) < 4.78 is 13.6. The molecular formula is C18H28N2O3. The zero-order valence-electron chi connectivity index (χ0n) is 14.9. The van der Waals surface area contributed by atoms with Crippen molar-refractivity contribution in [2.24, 2.45) is 18.4 Å². The molecule has 23 heavy (non-hydrogen) atoms. The van der Waals surface area contributed by atoms with E-state index in [9.17, 15) is 4.79 Å². The summed E-state index contributed by atoms with van der Waals surface area (Å²) in [5, 5.41) is 4.40. The Labute approximate surface area is 138 Å². The summed E-state index contributed by atoms with van der Waals surface area (Å²) in [6, 6.07) is 0. The summed E-state index contributed by atoms with van der Waals surface area (Å²) >= 11 is 0. The van der Waals surface area contributed by atoms with Gasteiger partial charge in [0.25, 0.3) is 0 Å². The van der Waals surface area contributed by atoms with Crippen LogP contribution >= 0.6 is 0 Å². The molecule has 128 valence electrons. The van der Waals surface area contributed by atoms with Crippen molar-refractivity contribution < 1.29 is 14.3 Å². The predicted molar refractivity (Wildman–Crippen MR) is 87.1 cm³/mol. The van der Waals surface area contributed by atoms with Crippen LogP contribution in [-0.4, -0.2) is 34.6 Å². The van der Waals surface area contributed by atoms with Crippen molar-refractivity contribution in [1.82, 2.24) is 9.78 Å². The first kappa shape index (κ1) is 16.5. The fourth-order valence-electron chi connectivity index (χ4n) is 4.32. The van der Waals surface area contributed by atoms with Crippen LogP contribution in [-0.2, 0) is 27.7 Å². The lowest BCUT2D eigenvalue weighted by Gasteiger charge is -2.58. The van der Waals surface area contributed by atoms with Gasteiger partial charge in [0.1, 0.15) is 6.10 Å². The minimum Gasteiger partial charge on any atom is -0.461 e. The molecule has 1 aromatic heterocycles. The number of ether oxygens (including phenoxy) is 2. The standard InChI is InChI=1S/C18H28N2O3/c1-11-13(12(2)20(5)19-11)8-9-15(21)23-17-14-7-6-10-22-16(14)18(17,3)4/h14,16-17H,6-10H2,1-5H3/t14-,16+,17-/m1/s1. The number of nitrogens with zero attached hydrogens (tertiary/aromatic N) is 2. The molecule has 0 radical (unpaired) electrons. The summed E-state index contributed by atoms with van der Waals surface area (Å²) in [5.41, 5.74) is 3.22. The van der Waals surface area contributed by atoms with Gasteiger partial charge in [0.15, 0.2) is 0 Å². The van der Waals surface area contributed by atoms with Crippen LogP contribution in [0.3, 0.4) is 0 Å². The van der Waals surface area contributed by atoms with Gasteiger partial charge in [0.05, 0.1) is 11.8 Å². The van der Waals surface area contributed by atoms with Gasteiger partial charge in [-0.15, -0.1) is 0 Å². The highest BCUT2D eigenvalue weighted by Crippen LogP contribution is 2.53. The van der Waals surface area contributed by atoms with Gasteiger partial charge in [-0.25, -0.2) is 0 Å². The van der Waals surface area contributed by atoms with Crippen LogP contribution in [0.25, 0.3) is 0 Å². The molecule has 0 amide bonds. The van der Waals surface area contributed by atoms with Gasteiger partial charge in [0.2, 0.25) is 0 Å². The van der Waals surface area contributed by atoms with Crippen molar-refractivity contribution in [1.29, 1.82) is 0 Å². The van der Waals surface area contributed by atoms with E-state index in [2.05, 4.69) is 18.9 Å². The SMILES string of the molecule is Cc1nn(C)c(C)c1CCC(=O)O[C@@H]1[C@@H]2CCCO[C@@H]2C1(C)C. The van der Waals surface area contributed by atoms with Gasteiger partial charge in [-0.05, 0) is 38.7 Å². The first-order chi connectivity index (χ1) is 10.8. The number of rotatable bonds is 4. The normalized spacial score (nSPS) is 28.8. The summed E-state index contributed by atoms with van der Waals surface area (Å²) in [7, 11) is 1.93. The van der Waals surface area contributed by atoms with E-state index in [4.69, 9.17) is 9.47 Å². The minimum absolute atomic E-state index is 0.00334. The highest BCUT2D eigenvalue weighted by Gasteiger charge is 2.60. The van der Waals surface area contributed by atoms with Crippen molar-refractivity contribution in [2.75, 3.05) is 6.61 Å². The second-order valence-corrected chi connectivity index (χ2v) is 7.60. The number of hydrogen-bond acceptors (Lipinski definition) is 4. The Balaban J connectivity index is 1.57. The van der Waals surface area contributed by atoms with Crippen LogP contribution < -0.4 is 0 Å². The maximum absolute atomic E-state index is 12.3. The number of hydrogen-bond donors (Lipinski definition) is 0. The van der Waals surface area contributed by atoms with E-state index in [0.29, 0.717) is 18.8 Å². The highest BCUT2D eigenvalue weighted by molar-refractivity contribution is 5.70. The van der Waals surface area contributed by atoms with E-state index in [1.807, 2.05) is 25.6 Å². The molecule has 0 aromatic carbocycles. The summed E-state index contributed by atoms with van der Waals surface area (Å²) in [6.07, 6.45) is 3.53. The predicted octanol–water partition coefficient (Wildman–Crippen LogP) is 2.72. The highest BCUT2D eigenvalue weighted by atomic mass is 16.6. The molecule has 0 spiro atoms. The number of carbonyl (C=O) groups is 1. The van der Waals surface area contributed by atoms with Crippen LogP contribution in [0, 0.1) is 25.2 Å². The zero-order valence-corrected chi connectivity index (χ0v) is 14.9. The van der Waals surface area contributed by atoms with Crippen molar-refractivity contribution in [3.05, 3.63) is 17.0 Å². The van der Waals surface area contributed by atoms with E-state index < -0.39 is 0 Å². The number of aryl methyl sites for hydroxylation is 2. The Morgan fingerprint density at radius 1 is 1.43 bits per heavy atom. The molecule has 0 unspecified atom stereocenters. The number of aromatic nitrogens is 2. The first-order valence-corrected chi connectivity index (χ1v) is 8.62. The average Bonchev–Trinajstić information content (AvgIpc) is 2.76. The summed E-state index contributed by atoms with van der Waals surface area (Å²) in [6.45, 7) is 9.16. The van der Waals surface area contributed by atoms with Crippen LogP contribution in [0.4, 0.5) is 0 Å². The van der Waals surface area contributed by atoms with Crippen molar-refractivity contribution in [3.8, 4) is 0 Å². The fraction of sp³-hybridized carbons (Fsp3) is 0.778. The maximum Gasteiger partial charge on any atom is 0.306 e. The molecule has 3 rings (SSSR count).